The highest BCUT2D eigenvalue weighted by Gasteiger charge is 2.38. The van der Waals surface area contributed by atoms with Crippen LogP contribution in [0.25, 0.3) is 0 Å². The van der Waals surface area contributed by atoms with Gasteiger partial charge in [0.2, 0.25) is 0 Å². The summed E-state index contributed by atoms with van der Waals surface area (Å²) in [5.41, 5.74) is 0.808. The fraction of sp³-hybridized carbons (Fsp3) is 0.692. The van der Waals surface area contributed by atoms with E-state index in [-0.39, 0.29) is 5.60 Å². The number of ether oxygens (including phenoxy) is 1. The van der Waals surface area contributed by atoms with Crippen LogP contribution in [0.1, 0.15) is 44.1 Å². The van der Waals surface area contributed by atoms with Gasteiger partial charge in [0.15, 0.2) is 5.82 Å². The first-order valence-corrected chi connectivity index (χ1v) is 6.39. The van der Waals surface area contributed by atoms with E-state index >= 15 is 0 Å². The Hall–Kier alpha value is -1.00. The van der Waals surface area contributed by atoms with Gasteiger partial charge in [0.25, 0.3) is 0 Å². The molecule has 4 heteroatoms. The molecule has 1 saturated carbocycles. The van der Waals surface area contributed by atoms with E-state index in [1.165, 1.54) is 12.8 Å². The molecular formula is C13H21N3O. The molecule has 1 fully saturated rings. The van der Waals surface area contributed by atoms with Gasteiger partial charge < -0.3 is 10.1 Å². The maximum atomic E-state index is 5.70. The number of nitrogens with one attached hydrogen (secondary N) is 1. The van der Waals surface area contributed by atoms with Gasteiger partial charge in [-0.1, -0.05) is 6.92 Å². The average molecular weight is 235 g/mol. The van der Waals surface area contributed by atoms with Crippen molar-refractivity contribution in [3.05, 3.63) is 23.8 Å². The van der Waals surface area contributed by atoms with Crippen molar-refractivity contribution < 1.29 is 4.74 Å². The predicted octanol–water partition coefficient (Wildman–Crippen LogP) is 2.00. The van der Waals surface area contributed by atoms with Gasteiger partial charge in [0, 0.05) is 19.9 Å². The lowest BCUT2D eigenvalue weighted by atomic mass is 10.0. The zero-order valence-corrected chi connectivity index (χ0v) is 10.7. The van der Waals surface area contributed by atoms with E-state index in [0.29, 0.717) is 0 Å². The summed E-state index contributed by atoms with van der Waals surface area (Å²) in [5.74, 6) is 0.855. The maximum Gasteiger partial charge on any atom is 0.160 e. The molecule has 0 amide bonds. The van der Waals surface area contributed by atoms with E-state index < -0.39 is 0 Å². The third-order valence-corrected chi connectivity index (χ3v) is 3.48. The Labute approximate surface area is 103 Å². The highest BCUT2D eigenvalue weighted by Crippen LogP contribution is 2.39. The molecule has 0 atom stereocenters. The molecule has 1 aromatic rings. The first-order chi connectivity index (χ1) is 8.30. The Balaban J connectivity index is 2.19. The third kappa shape index (κ3) is 2.64. The number of rotatable bonds is 5. The topological polar surface area (TPSA) is 47.0 Å². The van der Waals surface area contributed by atoms with Gasteiger partial charge in [-0.15, -0.1) is 0 Å². The molecule has 2 rings (SSSR count). The highest BCUT2D eigenvalue weighted by molar-refractivity contribution is 5.10. The normalized spacial score (nSPS) is 18.5. The Morgan fingerprint density at radius 2 is 2.18 bits per heavy atom. The van der Waals surface area contributed by atoms with Gasteiger partial charge in [0.05, 0.1) is 5.69 Å². The summed E-state index contributed by atoms with van der Waals surface area (Å²) in [6, 6.07) is 1.96. The predicted molar refractivity (Wildman–Crippen MR) is 66.6 cm³/mol. The first kappa shape index (κ1) is 12.5. The maximum absolute atomic E-state index is 5.70. The van der Waals surface area contributed by atoms with Crippen LogP contribution in [0.4, 0.5) is 0 Å². The van der Waals surface area contributed by atoms with Crippen LogP contribution in [0.5, 0.6) is 0 Å². The molecule has 94 valence electrons. The Morgan fingerprint density at radius 3 is 2.82 bits per heavy atom. The molecule has 0 aliphatic heterocycles. The van der Waals surface area contributed by atoms with Crippen LogP contribution in [0, 0.1) is 0 Å². The Kier molecular flexibility index (Phi) is 4.07. The molecule has 17 heavy (non-hydrogen) atoms. The molecule has 1 aliphatic carbocycles. The van der Waals surface area contributed by atoms with E-state index in [9.17, 15) is 0 Å². The van der Waals surface area contributed by atoms with Crippen molar-refractivity contribution in [2.75, 3.05) is 13.7 Å². The van der Waals surface area contributed by atoms with Crippen molar-refractivity contribution in [1.29, 1.82) is 0 Å². The summed E-state index contributed by atoms with van der Waals surface area (Å²) >= 11 is 0. The highest BCUT2D eigenvalue weighted by atomic mass is 16.5. The average Bonchev–Trinajstić information content (AvgIpc) is 2.87. The molecule has 0 radical (unpaired) electrons. The van der Waals surface area contributed by atoms with Gasteiger partial charge >= 0.3 is 0 Å². The lowest BCUT2D eigenvalue weighted by molar-refractivity contribution is -0.0164. The molecule has 0 spiro atoms. The molecule has 1 N–H and O–H groups in total. The summed E-state index contributed by atoms with van der Waals surface area (Å²) in [6.45, 7) is 3.84. The molecular weight excluding hydrogens is 214 g/mol. The van der Waals surface area contributed by atoms with Gasteiger partial charge in [-0.05, 0) is 38.3 Å². The summed E-state index contributed by atoms with van der Waals surface area (Å²) in [6.07, 6.45) is 6.32. The molecule has 0 unspecified atom stereocenters. The van der Waals surface area contributed by atoms with E-state index in [2.05, 4.69) is 22.2 Å². The summed E-state index contributed by atoms with van der Waals surface area (Å²) in [4.78, 5) is 9.05. The Morgan fingerprint density at radius 1 is 1.41 bits per heavy atom. The van der Waals surface area contributed by atoms with Gasteiger partial charge in [-0.25, -0.2) is 9.97 Å². The van der Waals surface area contributed by atoms with Gasteiger partial charge in [-0.3, -0.25) is 0 Å². The van der Waals surface area contributed by atoms with Crippen molar-refractivity contribution in [2.24, 2.45) is 0 Å². The number of nitrogens with zero attached hydrogens (tertiary/aromatic N) is 2. The molecule has 4 nitrogen and oxygen atoms in total. The lowest BCUT2D eigenvalue weighted by Crippen LogP contribution is -2.28. The summed E-state index contributed by atoms with van der Waals surface area (Å²) in [5, 5.41) is 3.28. The van der Waals surface area contributed by atoms with Crippen molar-refractivity contribution in [3.63, 3.8) is 0 Å². The zero-order valence-electron chi connectivity index (χ0n) is 10.7. The van der Waals surface area contributed by atoms with Crippen LogP contribution < -0.4 is 5.32 Å². The zero-order chi connectivity index (χ0) is 12.1. The quantitative estimate of drug-likeness (QED) is 0.848. The van der Waals surface area contributed by atoms with Crippen LogP contribution in [0.3, 0.4) is 0 Å². The van der Waals surface area contributed by atoms with Gasteiger partial charge in [0.1, 0.15) is 5.60 Å². The molecule has 1 aromatic heterocycles. The van der Waals surface area contributed by atoms with Crippen LogP contribution in [-0.2, 0) is 16.9 Å². The standard InChI is InChI=1S/C13H21N3O/c1-3-14-10-11-6-9-15-12(16-11)13(17-2)7-4-5-8-13/h6,9,14H,3-5,7-8,10H2,1-2H3. The number of methoxy groups -OCH3 is 1. The second-order valence-corrected chi connectivity index (χ2v) is 4.56. The van der Waals surface area contributed by atoms with Crippen LogP contribution in [-0.4, -0.2) is 23.6 Å². The first-order valence-electron chi connectivity index (χ1n) is 6.39. The van der Waals surface area contributed by atoms with Crippen molar-refractivity contribution >= 4 is 0 Å². The number of hydrogen-bond donors (Lipinski definition) is 1. The largest absolute Gasteiger partial charge is 0.370 e. The third-order valence-electron chi connectivity index (χ3n) is 3.48. The molecule has 0 saturated heterocycles. The van der Waals surface area contributed by atoms with E-state index in [0.717, 1.165) is 37.4 Å². The summed E-state index contributed by atoms with van der Waals surface area (Å²) in [7, 11) is 1.77. The Bertz CT molecular complexity index is 361. The fourth-order valence-electron chi connectivity index (χ4n) is 2.43. The SMILES string of the molecule is CCNCc1ccnc(C2(OC)CCCC2)n1. The second-order valence-electron chi connectivity index (χ2n) is 4.56. The smallest absolute Gasteiger partial charge is 0.160 e. The van der Waals surface area contributed by atoms with Crippen molar-refractivity contribution in [1.82, 2.24) is 15.3 Å². The fourth-order valence-corrected chi connectivity index (χ4v) is 2.43. The monoisotopic (exact) mass is 235 g/mol. The minimum absolute atomic E-state index is 0.234. The van der Waals surface area contributed by atoms with E-state index in [1.54, 1.807) is 7.11 Å². The van der Waals surface area contributed by atoms with Crippen molar-refractivity contribution in [2.45, 2.75) is 44.8 Å². The molecule has 0 bridgehead atoms. The minimum atomic E-state index is -0.234. The van der Waals surface area contributed by atoms with Crippen LogP contribution in [0.2, 0.25) is 0 Å². The van der Waals surface area contributed by atoms with E-state index in [4.69, 9.17) is 4.74 Å². The molecule has 0 aromatic carbocycles. The molecule has 1 heterocycles. The van der Waals surface area contributed by atoms with Crippen molar-refractivity contribution in [3.8, 4) is 0 Å². The molecule has 1 aliphatic rings. The lowest BCUT2D eigenvalue weighted by Gasteiger charge is -2.25. The van der Waals surface area contributed by atoms with Crippen LogP contribution in [0.15, 0.2) is 12.3 Å². The number of hydrogen-bond acceptors (Lipinski definition) is 4. The van der Waals surface area contributed by atoms with Crippen LogP contribution >= 0.6 is 0 Å². The second kappa shape index (κ2) is 5.56. The number of aromatic nitrogens is 2. The van der Waals surface area contributed by atoms with Gasteiger partial charge in [-0.2, -0.15) is 0 Å². The van der Waals surface area contributed by atoms with E-state index in [1.807, 2.05) is 12.3 Å². The summed E-state index contributed by atoms with van der Waals surface area (Å²) < 4.78 is 5.70. The minimum Gasteiger partial charge on any atom is -0.370 e.